The number of nitrogens with zero attached hydrogens (tertiary/aromatic N) is 1. The first-order chi connectivity index (χ1) is 12.4. The Bertz CT molecular complexity index is 666. The predicted octanol–water partition coefficient (Wildman–Crippen LogP) is 3.14. The van der Waals surface area contributed by atoms with Crippen LogP contribution in [0, 0.1) is 6.92 Å². The predicted molar refractivity (Wildman–Crippen MR) is 102 cm³/mol. The van der Waals surface area contributed by atoms with Crippen molar-refractivity contribution in [3.8, 4) is 5.75 Å². The Kier molecular flexibility index (Phi) is 6.64. The molecule has 1 aromatic carbocycles. The van der Waals surface area contributed by atoms with Crippen molar-refractivity contribution in [1.29, 1.82) is 0 Å². The summed E-state index contributed by atoms with van der Waals surface area (Å²) in [7, 11) is 2.87. The Hall–Kier alpha value is -2.08. The van der Waals surface area contributed by atoms with Crippen LogP contribution in [0.1, 0.15) is 49.0 Å². The second kappa shape index (κ2) is 8.54. The first kappa shape index (κ1) is 20.2. The average Bonchev–Trinajstić information content (AvgIpc) is 2.68. The molecule has 1 amide bonds. The second-order valence-electron chi connectivity index (χ2n) is 7.07. The summed E-state index contributed by atoms with van der Waals surface area (Å²) in [5.41, 5.74) is 1.58. The van der Waals surface area contributed by atoms with Gasteiger partial charge in [0.15, 0.2) is 6.04 Å². The van der Waals surface area contributed by atoms with E-state index in [2.05, 4.69) is 12.2 Å². The largest absolute Gasteiger partial charge is 0.497 e. The Morgan fingerprint density at radius 1 is 1.19 bits per heavy atom. The zero-order chi connectivity index (χ0) is 19.3. The van der Waals surface area contributed by atoms with E-state index in [0.717, 1.165) is 42.5 Å². The van der Waals surface area contributed by atoms with Crippen LogP contribution in [0.5, 0.6) is 5.75 Å². The van der Waals surface area contributed by atoms with E-state index in [4.69, 9.17) is 9.47 Å². The molecule has 1 aromatic rings. The molecule has 1 atom stereocenters. The molecule has 1 aliphatic heterocycles. The first-order valence-corrected chi connectivity index (χ1v) is 9.32. The molecule has 144 valence electrons. The molecular formula is C20H31N2O4+. The van der Waals surface area contributed by atoms with Gasteiger partial charge in [-0.15, -0.1) is 0 Å². The van der Waals surface area contributed by atoms with Gasteiger partial charge in [-0.1, -0.05) is 0 Å². The van der Waals surface area contributed by atoms with E-state index in [1.165, 1.54) is 13.5 Å². The Morgan fingerprint density at radius 2 is 1.85 bits per heavy atom. The maximum Gasteiger partial charge on any atom is 0.340 e. The van der Waals surface area contributed by atoms with E-state index in [9.17, 15) is 9.59 Å². The number of ether oxygens (including phenoxy) is 2. The van der Waals surface area contributed by atoms with Crippen molar-refractivity contribution in [2.45, 2.75) is 46.1 Å². The number of anilines is 1. The van der Waals surface area contributed by atoms with Gasteiger partial charge in [0.2, 0.25) is 0 Å². The maximum absolute atomic E-state index is 13.0. The highest BCUT2D eigenvalue weighted by molar-refractivity contribution is 6.03. The molecule has 1 aliphatic rings. The molecule has 6 nitrogen and oxygen atoms in total. The van der Waals surface area contributed by atoms with Gasteiger partial charge in [0.1, 0.15) is 5.75 Å². The Labute approximate surface area is 156 Å². The molecule has 0 saturated carbocycles. The third-order valence-electron chi connectivity index (χ3n) is 5.74. The summed E-state index contributed by atoms with van der Waals surface area (Å²) in [6.07, 6.45) is 3.54. The van der Waals surface area contributed by atoms with Gasteiger partial charge in [-0.05, 0) is 57.7 Å². The normalized spacial score (nSPS) is 17.3. The molecule has 1 fully saturated rings. The molecule has 1 N–H and O–H groups in total. The monoisotopic (exact) mass is 363 g/mol. The van der Waals surface area contributed by atoms with Gasteiger partial charge in [-0.2, -0.15) is 0 Å². The van der Waals surface area contributed by atoms with E-state index in [1.54, 1.807) is 19.2 Å². The molecular weight excluding hydrogens is 332 g/mol. The van der Waals surface area contributed by atoms with Crippen LogP contribution in [0.3, 0.4) is 0 Å². The van der Waals surface area contributed by atoms with Gasteiger partial charge in [-0.25, -0.2) is 4.79 Å². The van der Waals surface area contributed by atoms with E-state index in [-0.39, 0.29) is 11.9 Å². The highest BCUT2D eigenvalue weighted by atomic mass is 16.5. The van der Waals surface area contributed by atoms with Crippen LogP contribution in [-0.2, 0) is 9.53 Å². The minimum atomic E-state index is -0.493. The summed E-state index contributed by atoms with van der Waals surface area (Å²) in [5, 5.41) is 2.99. The van der Waals surface area contributed by atoms with E-state index in [1.807, 2.05) is 13.8 Å². The highest BCUT2D eigenvalue weighted by Crippen LogP contribution is 2.29. The lowest BCUT2D eigenvalue weighted by atomic mass is 10.0. The van der Waals surface area contributed by atoms with Crippen molar-refractivity contribution in [3.05, 3.63) is 23.3 Å². The van der Waals surface area contributed by atoms with E-state index in [0.29, 0.717) is 17.0 Å². The third kappa shape index (κ3) is 4.01. The van der Waals surface area contributed by atoms with Gasteiger partial charge >= 0.3 is 5.97 Å². The number of hydrogen-bond donors (Lipinski definition) is 1. The molecule has 1 saturated heterocycles. The Morgan fingerprint density at radius 3 is 2.38 bits per heavy atom. The number of carbonyl (C=O) groups is 2. The van der Waals surface area contributed by atoms with Gasteiger partial charge in [0.25, 0.3) is 5.91 Å². The van der Waals surface area contributed by atoms with Crippen LogP contribution in [0.4, 0.5) is 5.69 Å². The minimum Gasteiger partial charge on any atom is -0.497 e. The van der Waals surface area contributed by atoms with Crippen LogP contribution in [0.2, 0.25) is 0 Å². The number of amides is 1. The van der Waals surface area contributed by atoms with Gasteiger partial charge in [0, 0.05) is 0 Å². The van der Waals surface area contributed by atoms with Crippen LogP contribution in [0.25, 0.3) is 0 Å². The summed E-state index contributed by atoms with van der Waals surface area (Å²) < 4.78 is 10.9. The zero-order valence-electron chi connectivity index (χ0n) is 16.6. The standard InChI is InChI=1S/C20H30N2O4/c1-6-22(10-8-7-9-11-22)15(3)19(23)21-18-14(2)12-16(25-4)13-17(18)20(24)26-5/h12-13,15H,6-11H2,1-5H3/p+1. The molecule has 6 heteroatoms. The smallest absolute Gasteiger partial charge is 0.340 e. The number of benzene rings is 1. The number of esters is 1. The van der Waals surface area contributed by atoms with Gasteiger partial charge in [0.05, 0.1) is 45.1 Å². The minimum absolute atomic E-state index is 0.0628. The number of rotatable bonds is 6. The number of piperidine rings is 1. The molecule has 0 radical (unpaired) electrons. The third-order valence-corrected chi connectivity index (χ3v) is 5.74. The number of hydrogen-bond acceptors (Lipinski definition) is 4. The zero-order valence-corrected chi connectivity index (χ0v) is 16.6. The average molecular weight is 363 g/mol. The van der Waals surface area contributed by atoms with Crippen molar-refractivity contribution >= 4 is 17.6 Å². The van der Waals surface area contributed by atoms with Crippen LogP contribution in [0.15, 0.2) is 12.1 Å². The number of nitrogens with one attached hydrogen (secondary N) is 1. The lowest BCUT2D eigenvalue weighted by molar-refractivity contribution is -0.943. The quantitative estimate of drug-likeness (QED) is 0.623. The summed E-state index contributed by atoms with van der Waals surface area (Å²) >= 11 is 0. The number of carbonyl (C=O) groups excluding carboxylic acids is 2. The number of quaternary nitrogens is 1. The summed E-state index contributed by atoms with van der Waals surface area (Å²) in [5.74, 6) is 0.00141. The second-order valence-corrected chi connectivity index (χ2v) is 7.07. The molecule has 0 spiro atoms. The highest BCUT2D eigenvalue weighted by Gasteiger charge is 2.38. The fraction of sp³-hybridized carbons (Fsp3) is 0.600. The van der Waals surface area contributed by atoms with Crippen molar-refractivity contribution < 1.29 is 23.5 Å². The molecule has 0 bridgehead atoms. The van der Waals surface area contributed by atoms with Crippen molar-refractivity contribution in [2.75, 3.05) is 39.2 Å². The summed E-state index contributed by atoms with van der Waals surface area (Å²) in [6, 6.07) is 3.23. The van der Waals surface area contributed by atoms with Crippen molar-refractivity contribution in [1.82, 2.24) is 0 Å². The maximum atomic E-state index is 13.0. The first-order valence-electron chi connectivity index (χ1n) is 9.32. The lowest BCUT2D eigenvalue weighted by Gasteiger charge is -2.44. The molecule has 0 aromatic heterocycles. The summed E-state index contributed by atoms with van der Waals surface area (Å²) in [4.78, 5) is 25.2. The van der Waals surface area contributed by atoms with E-state index < -0.39 is 5.97 Å². The number of aryl methyl sites for hydroxylation is 1. The fourth-order valence-electron chi connectivity index (χ4n) is 3.90. The topological polar surface area (TPSA) is 64.6 Å². The van der Waals surface area contributed by atoms with Crippen molar-refractivity contribution in [2.24, 2.45) is 0 Å². The van der Waals surface area contributed by atoms with Crippen LogP contribution >= 0.6 is 0 Å². The molecule has 1 unspecified atom stereocenters. The van der Waals surface area contributed by atoms with Crippen LogP contribution < -0.4 is 10.1 Å². The number of methoxy groups -OCH3 is 2. The fourth-order valence-corrected chi connectivity index (χ4v) is 3.90. The van der Waals surface area contributed by atoms with Crippen molar-refractivity contribution in [3.63, 3.8) is 0 Å². The molecule has 1 heterocycles. The van der Waals surface area contributed by atoms with E-state index >= 15 is 0 Å². The lowest BCUT2D eigenvalue weighted by Crippen LogP contribution is -2.60. The number of likely N-dealkylation sites (tertiary alicyclic amines) is 1. The SMILES string of the molecule is CC[N+]1(C(C)C(=O)Nc2c(C)cc(OC)cc2C(=O)OC)CCCCC1. The summed E-state index contributed by atoms with van der Waals surface area (Å²) in [6.45, 7) is 8.96. The van der Waals surface area contributed by atoms with Gasteiger partial charge in [-0.3, -0.25) is 4.79 Å². The molecule has 26 heavy (non-hydrogen) atoms. The molecule has 0 aliphatic carbocycles. The van der Waals surface area contributed by atoms with Crippen LogP contribution in [-0.4, -0.2) is 56.3 Å². The van der Waals surface area contributed by atoms with Gasteiger partial charge < -0.3 is 19.3 Å². The number of likely N-dealkylation sites (N-methyl/N-ethyl adjacent to an activating group) is 1. The molecule has 2 rings (SSSR count). The Balaban J connectivity index is 2.31.